The van der Waals surface area contributed by atoms with Crippen LogP contribution < -0.4 is 14.2 Å². The van der Waals surface area contributed by atoms with Crippen LogP contribution in [0.25, 0.3) is 11.3 Å². The van der Waals surface area contributed by atoms with Gasteiger partial charge < -0.3 is 18.9 Å². The maximum absolute atomic E-state index is 13.7. The Labute approximate surface area is 240 Å². The average molecular weight is 583 g/mol. The van der Waals surface area contributed by atoms with Crippen molar-refractivity contribution in [3.05, 3.63) is 95.3 Å². The Kier molecular flexibility index (Phi) is 8.89. The van der Waals surface area contributed by atoms with Crippen molar-refractivity contribution in [3.63, 3.8) is 0 Å². The van der Waals surface area contributed by atoms with E-state index in [1.54, 1.807) is 76.4 Å². The molecular formula is C31H29F3N2O6. The molecule has 0 aliphatic heterocycles. The topological polar surface area (TPSA) is 88.9 Å². The first kappa shape index (κ1) is 30.2. The summed E-state index contributed by atoms with van der Waals surface area (Å²) >= 11 is 0. The number of carbonyl (C=O) groups excluding carboxylic acids is 2. The number of hydrogen-bond acceptors (Lipinski definition) is 7. The minimum atomic E-state index is -4.72. The lowest BCUT2D eigenvalue weighted by atomic mass is 10.1. The summed E-state index contributed by atoms with van der Waals surface area (Å²) in [5.74, 6) is 0.910. The number of aromatic nitrogens is 2. The Balaban J connectivity index is 1.72. The number of alkyl halides is 3. The van der Waals surface area contributed by atoms with Gasteiger partial charge in [0.25, 0.3) is 0 Å². The zero-order valence-corrected chi connectivity index (χ0v) is 23.4. The normalized spacial score (nSPS) is 11.6. The molecule has 4 aromatic rings. The fourth-order valence-corrected chi connectivity index (χ4v) is 3.83. The Morgan fingerprint density at radius 2 is 1.55 bits per heavy atom. The highest BCUT2D eigenvalue weighted by Gasteiger charge is 2.35. The van der Waals surface area contributed by atoms with Crippen LogP contribution in [0.1, 0.15) is 47.8 Å². The van der Waals surface area contributed by atoms with E-state index in [-0.39, 0.29) is 36.1 Å². The molecule has 0 saturated carbocycles. The van der Waals surface area contributed by atoms with Gasteiger partial charge in [0, 0.05) is 24.0 Å². The predicted octanol–water partition coefficient (Wildman–Crippen LogP) is 7.33. The van der Waals surface area contributed by atoms with E-state index < -0.39 is 23.4 Å². The summed E-state index contributed by atoms with van der Waals surface area (Å²) in [6.07, 6.45) is -3.01. The molecule has 0 spiro atoms. The van der Waals surface area contributed by atoms with Crippen LogP contribution in [-0.4, -0.2) is 34.6 Å². The number of aldehydes is 1. The third-order valence-corrected chi connectivity index (χ3v) is 5.91. The van der Waals surface area contributed by atoms with E-state index in [2.05, 4.69) is 4.98 Å². The van der Waals surface area contributed by atoms with E-state index in [0.717, 1.165) is 28.0 Å². The number of pyridine rings is 1. The lowest BCUT2D eigenvalue weighted by molar-refractivity contribution is -0.137. The Morgan fingerprint density at radius 3 is 2.12 bits per heavy atom. The molecule has 2 aromatic carbocycles. The van der Waals surface area contributed by atoms with E-state index in [9.17, 15) is 22.8 Å². The van der Waals surface area contributed by atoms with Crippen molar-refractivity contribution >= 4 is 12.4 Å². The van der Waals surface area contributed by atoms with Crippen LogP contribution in [0.3, 0.4) is 0 Å². The molecule has 0 bridgehead atoms. The molecule has 42 heavy (non-hydrogen) atoms. The van der Waals surface area contributed by atoms with Gasteiger partial charge in [-0.3, -0.25) is 9.36 Å². The summed E-state index contributed by atoms with van der Waals surface area (Å²) < 4.78 is 64.4. The van der Waals surface area contributed by atoms with Crippen LogP contribution in [0.2, 0.25) is 0 Å². The van der Waals surface area contributed by atoms with Gasteiger partial charge in [-0.05, 0) is 50.1 Å². The summed E-state index contributed by atoms with van der Waals surface area (Å²) in [4.78, 5) is 28.2. The van der Waals surface area contributed by atoms with Crippen LogP contribution in [-0.2, 0) is 24.1 Å². The van der Waals surface area contributed by atoms with Crippen molar-refractivity contribution in [1.82, 2.24) is 9.55 Å². The molecule has 0 amide bonds. The van der Waals surface area contributed by atoms with Crippen LogP contribution in [0, 0.1) is 0 Å². The molecule has 0 radical (unpaired) electrons. The zero-order chi connectivity index (χ0) is 30.5. The van der Waals surface area contributed by atoms with E-state index in [4.69, 9.17) is 18.9 Å². The second-order valence-corrected chi connectivity index (χ2v) is 10.3. The minimum Gasteiger partial charge on any atom is -0.497 e. The molecule has 8 nitrogen and oxygen atoms in total. The van der Waals surface area contributed by atoms with Gasteiger partial charge in [0.05, 0.1) is 23.9 Å². The van der Waals surface area contributed by atoms with Crippen molar-refractivity contribution in [2.75, 3.05) is 7.11 Å². The van der Waals surface area contributed by atoms with E-state index in [1.807, 2.05) is 0 Å². The van der Waals surface area contributed by atoms with E-state index >= 15 is 0 Å². The zero-order valence-electron chi connectivity index (χ0n) is 23.4. The SMILES string of the molecule is COc1ccc(COc2cc(OCc3ccc(C=O)cc3)ncc2-c2cc(C(F)(F)F)cn2C(=O)OC(C)(C)C)cc1. The maximum Gasteiger partial charge on any atom is 0.419 e. The molecule has 220 valence electrons. The predicted molar refractivity (Wildman–Crippen MR) is 148 cm³/mol. The first-order valence-corrected chi connectivity index (χ1v) is 12.8. The van der Waals surface area contributed by atoms with Crippen LogP contribution in [0.5, 0.6) is 17.4 Å². The molecule has 2 aromatic heterocycles. The Bertz CT molecular complexity index is 1540. The second kappa shape index (κ2) is 12.4. The number of halogens is 3. The Hall–Kier alpha value is -4.80. The van der Waals surface area contributed by atoms with Crippen LogP contribution in [0.15, 0.2) is 73.1 Å². The first-order chi connectivity index (χ1) is 19.9. The summed E-state index contributed by atoms with van der Waals surface area (Å²) in [6, 6.07) is 16.1. The number of rotatable bonds is 9. The fraction of sp³-hybridized carbons (Fsp3) is 0.258. The maximum atomic E-state index is 13.7. The molecule has 0 fully saturated rings. The molecule has 2 heterocycles. The lowest BCUT2D eigenvalue weighted by Gasteiger charge is -2.21. The van der Waals surface area contributed by atoms with Crippen molar-refractivity contribution in [2.24, 2.45) is 0 Å². The average Bonchev–Trinajstić information content (AvgIpc) is 3.41. The number of nitrogens with zero attached hydrogens (tertiary/aromatic N) is 2. The minimum absolute atomic E-state index is 0.0485. The Morgan fingerprint density at radius 1 is 0.929 bits per heavy atom. The molecule has 11 heteroatoms. The summed E-state index contributed by atoms with van der Waals surface area (Å²) in [6.45, 7) is 5.00. The quantitative estimate of drug-likeness (QED) is 0.191. The number of methoxy groups -OCH3 is 1. The van der Waals surface area contributed by atoms with Crippen LogP contribution in [0.4, 0.5) is 18.0 Å². The van der Waals surface area contributed by atoms with Crippen molar-refractivity contribution in [3.8, 4) is 28.6 Å². The molecular weight excluding hydrogens is 553 g/mol. The number of benzene rings is 2. The van der Waals surface area contributed by atoms with Crippen molar-refractivity contribution < 1.29 is 41.7 Å². The standard InChI is InChI=1S/C31H29F3N2O6/c1-30(2,3)42-29(38)36-16-23(31(32,33)34)13-26(36)25-15-35-28(41-19-21-7-5-20(17-37)6-8-21)14-27(25)40-18-22-9-11-24(39-4)12-10-22/h5-17H,18-19H2,1-4H3. The molecule has 4 rings (SSSR count). The van der Waals surface area contributed by atoms with Gasteiger partial charge in [0.1, 0.15) is 36.6 Å². The van der Waals surface area contributed by atoms with E-state index in [0.29, 0.717) is 17.5 Å². The lowest BCUT2D eigenvalue weighted by Crippen LogP contribution is -2.27. The van der Waals surface area contributed by atoms with Crippen LogP contribution >= 0.6 is 0 Å². The van der Waals surface area contributed by atoms with Crippen molar-refractivity contribution in [2.45, 2.75) is 45.8 Å². The van der Waals surface area contributed by atoms with E-state index in [1.165, 1.54) is 12.3 Å². The highest BCUT2D eigenvalue weighted by Crippen LogP contribution is 2.38. The van der Waals surface area contributed by atoms with Gasteiger partial charge in [-0.15, -0.1) is 0 Å². The first-order valence-electron chi connectivity index (χ1n) is 12.8. The third kappa shape index (κ3) is 7.68. The monoisotopic (exact) mass is 582 g/mol. The molecule has 0 N–H and O–H groups in total. The molecule has 0 saturated heterocycles. The molecule has 0 aliphatic rings. The largest absolute Gasteiger partial charge is 0.497 e. The molecule has 0 unspecified atom stereocenters. The second-order valence-electron chi connectivity index (χ2n) is 10.3. The number of ether oxygens (including phenoxy) is 4. The fourth-order valence-electron chi connectivity index (χ4n) is 3.83. The summed E-state index contributed by atoms with van der Waals surface area (Å²) in [5.41, 5.74) is 0.0445. The molecule has 0 aliphatic carbocycles. The van der Waals surface area contributed by atoms with Gasteiger partial charge in [0.2, 0.25) is 5.88 Å². The van der Waals surface area contributed by atoms with Gasteiger partial charge in [0.15, 0.2) is 0 Å². The van der Waals surface area contributed by atoms with Gasteiger partial charge in [-0.2, -0.15) is 13.2 Å². The number of carbonyl (C=O) groups is 2. The smallest absolute Gasteiger partial charge is 0.419 e. The number of hydrogen-bond donors (Lipinski definition) is 0. The van der Waals surface area contributed by atoms with Gasteiger partial charge >= 0.3 is 12.3 Å². The highest BCUT2D eigenvalue weighted by molar-refractivity contribution is 5.81. The van der Waals surface area contributed by atoms with Gasteiger partial charge in [-0.1, -0.05) is 36.4 Å². The summed E-state index contributed by atoms with van der Waals surface area (Å²) in [5, 5.41) is 0. The van der Waals surface area contributed by atoms with Crippen molar-refractivity contribution in [1.29, 1.82) is 0 Å². The summed E-state index contributed by atoms with van der Waals surface area (Å²) in [7, 11) is 1.54. The van der Waals surface area contributed by atoms with Gasteiger partial charge in [-0.25, -0.2) is 9.78 Å². The molecule has 0 atom stereocenters. The highest BCUT2D eigenvalue weighted by atomic mass is 19.4. The third-order valence-electron chi connectivity index (χ3n) is 5.91.